The number of hydrogen-bond donors (Lipinski definition) is 1. The summed E-state index contributed by atoms with van der Waals surface area (Å²) in [6.07, 6.45) is 7.24. The SMILES string of the molecule is CCC(=O)OCC(=O)[C@@]1(OC(=O)CC)[C@H](C)C[C@H]2[C@H]3[C@H]([C@@H](O)C[C@@]21C)[C@@]1(C)C=CC(=Nc2cccc(C)c2)C=C1C[C@H]3Cl. The second kappa shape index (κ2) is 11.6. The number of alkyl halides is 1. The number of nitrogens with zero attached hydrogens (tertiary/aromatic N) is 1. The van der Waals surface area contributed by atoms with Gasteiger partial charge in [-0.2, -0.15) is 0 Å². The zero-order chi connectivity index (χ0) is 31.3. The van der Waals surface area contributed by atoms with Gasteiger partial charge in [0.25, 0.3) is 0 Å². The molecular formula is C35H44ClNO6. The molecule has 1 aromatic rings. The van der Waals surface area contributed by atoms with Crippen LogP contribution in [0.4, 0.5) is 5.69 Å². The average molecular weight is 610 g/mol. The molecule has 1 N–H and O–H groups in total. The molecule has 0 bridgehead atoms. The number of esters is 2. The Morgan fingerprint density at radius 3 is 2.53 bits per heavy atom. The molecule has 4 aliphatic rings. The monoisotopic (exact) mass is 609 g/mol. The van der Waals surface area contributed by atoms with Crippen molar-refractivity contribution >= 4 is 40.7 Å². The predicted molar refractivity (Wildman–Crippen MR) is 166 cm³/mol. The summed E-state index contributed by atoms with van der Waals surface area (Å²) >= 11 is 7.29. The molecule has 9 atom stereocenters. The van der Waals surface area contributed by atoms with E-state index in [2.05, 4.69) is 19.1 Å². The molecule has 7 nitrogen and oxygen atoms in total. The number of aliphatic hydroxyl groups excluding tert-OH is 1. The van der Waals surface area contributed by atoms with Gasteiger partial charge < -0.3 is 14.6 Å². The Labute approximate surface area is 259 Å². The summed E-state index contributed by atoms with van der Waals surface area (Å²) in [5.41, 5.74) is 1.14. The Morgan fingerprint density at radius 2 is 1.86 bits per heavy atom. The normalized spacial score (nSPS) is 38.9. The summed E-state index contributed by atoms with van der Waals surface area (Å²) < 4.78 is 11.4. The van der Waals surface area contributed by atoms with Crippen molar-refractivity contribution in [3.8, 4) is 0 Å². The van der Waals surface area contributed by atoms with E-state index in [0.29, 0.717) is 12.8 Å². The van der Waals surface area contributed by atoms with Gasteiger partial charge in [-0.1, -0.05) is 58.4 Å². The average Bonchev–Trinajstić information content (AvgIpc) is 3.18. The number of fused-ring (bicyclic) bond motifs is 5. The Morgan fingerprint density at radius 1 is 1.14 bits per heavy atom. The van der Waals surface area contributed by atoms with Gasteiger partial charge in [0.1, 0.15) is 0 Å². The van der Waals surface area contributed by atoms with Gasteiger partial charge in [0.2, 0.25) is 5.78 Å². The highest BCUT2D eigenvalue weighted by atomic mass is 35.5. The lowest BCUT2D eigenvalue weighted by Gasteiger charge is -2.61. The third-order valence-electron chi connectivity index (χ3n) is 10.9. The first-order valence-corrected chi connectivity index (χ1v) is 16.0. The number of benzene rings is 1. The number of halogens is 1. The number of Topliss-reactive ketones (excluding diaryl/α,β-unsaturated/α-hetero) is 1. The molecule has 0 heterocycles. The number of ether oxygens (including phenoxy) is 2. The second-order valence-electron chi connectivity index (χ2n) is 13.4. The molecular weight excluding hydrogens is 566 g/mol. The number of aliphatic hydroxyl groups is 1. The fourth-order valence-electron chi connectivity index (χ4n) is 8.96. The van der Waals surface area contributed by atoms with E-state index in [9.17, 15) is 19.5 Å². The van der Waals surface area contributed by atoms with Crippen molar-refractivity contribution < 1.29 is 29.0 Å². The molecule has 0 aromatic heterocycles. The largest absolute Gasteiger partial charge is 0.457 e. The summed E-state index contributed by atoms with van der Waals surface area (Å²) in [5.74, 6) is -2.17. The maximum absolute atomic E-state index is 14.1. The fraction of sp³-hybridized carbons (Fsp3) is 0.600. The number of aliphatic imine (C=N–C) groups is 1. The molecule has 3 saturated carbocycles. The number of rotatable bonds is 7. The van der Waals surface area contributed by atoms with Crippen LogP contribution in [0.3, 0.4) is 0 Å². The van der Waals surface area contributed by atoms with E-state index in [1.807, 2.05) is 51.1 Å². The van der Waals surface area contributed by atoms with Gasteiger partial charge in [0, 0.05) is 40.9 Å². The molecule has 5 rings (SSSR count). The molecule has 3 fully saturated rings. The Balaban J connectivity index is 1.52. The number of carbonyl (C=O) groups is 3. The van der Waals surface area contributed by atoms with Crippen LogP contribution in [0.25, 0.3) is 0 Å². The van der Waals surface area contributed by atoms with Crippen LogP contribution in [0.1, 0.15) is 72.3 Å². The molecule has 0 spiro atoms. The third kappa shape index (κ3) is 5.10. The summed E-state index contributed by atoms with van der Waals surface area (Å²) in [6, 6.07) is 8.06. The van der Waals surface area contributed by atoms with Crippen LogP contribution >= 0.6 is 11.6 Å². The van der Waals surface area contributed by atoms with E-state index in [1.165, 1.54) is 0 Å². The lowest BCUT2D eigenvalue weighted by molar-refractivity contribution is -0.205. The van der Waals surface area contributed by atoms with Crippen LogP contribution in [0.2, 0.25) is 0 Å². The van der Waals surface area contributed by atoms with E-state index < -0.39 is 46.9 Å². The zero-order valence-corrected chi connectivity index (χ0v) is 26.8. The van der Waals surface area contributed by atoms with Crippen LogP contribution in [0.5, 0.6) is 0 Å². The van der Waals surface area contributed by atoms with Gasteiger partial charge in [-0.25, -0.2) is 4.99 Å². The molecule has 4 aliphatic carbocycles. The number of hydrogen-bond acceptors (Lipinski definition) is 7. The van der Waals surface area contributed by atoms with Crippen LogP contribution < -0.4 is 0 Å². The number of aryl methyl sites for hydroxylation is 1. The van der Waals surface area contributed by atoms with Gasteiger partial charge in [-0.15, -0.1) is 11.6 Å². The molecule has 0 amide bonds. The third-order valence-corrected chi connectivity index (χ3v) is 11.4. The molecule has 232 valence electrons. The van der Waals surface area contributed by atoms with Crippen LogP contribution in [-0.2, 0) is 23.9 Å². The number of carbonyl (C=O) groups excluding carboxylic acids is 3. The highest BCUT2D eigenvalue weighted by Gasteiger charge is 2.73. The first kappa shape index (κ1) is 31.6. The lowest BCUT2D eigenvalue weighted by atomic mass is 9.46. The predicted octanol–water partition coefficient (Wildman–Crippen LogP) is 6.45. The van der Waals surface area contributed by atoms with Gasteiger partial charge in [-0.05, 0) is 67.9 Å². The van der Waals surface area contributed by atoms with Crippen LogP contribution in [-0.4, -0.2) is 52.2 Å². The molecule has 0 aliphatic heterocycles. The highest BCUT2D eigenvalue weighted by molar-refractivity contribution is 6.21. The molecule has 0 radical (unpaired) electrons. The van der Waals surface area contributed by atoms with Crippen LogP contribution in [0, 0.1) is 41.4 Å². The van der Waals surface area contributed by atoms with Gasteiger partial charge >= 0.3 is 11.9 Å². The quantitative estimate of drug-likeness (QED) is 0.281. The first-order valence-electron chi connectivity index (χ1n) is 15.6. The molecule has 43 heavy (non-hydrogen) atoms. The minimum absolute atomic E-state index is 0.0944. The second-order valence-corrected chi connectivity index (χ2v) is 14.0. The molecule has 8 heteroatoms. The number of allylic oxidation sites excluding steroid dienone is 4. The standard InChI is InChI=1S/C35H44ClNO6/c1-7-29(40)42-19-28(39)35(43-30(41)8-2)21(4)15-25-31-26(36)17-22-16-24(37-23-11-9-10-20(3)14-23)12-13-33(22,5)32(31)27(38)18-34(25,35)6/h9-14,16,21,25-27,31-32,38H,7-8,15,17-19H2,1-6H3/t21-,25+,26-,27+,31-,32+,33+,34+,35+/m1/s1. The van der Waals surface area contributed by atoms with Gasteiger partial charge in [0.15, 0.2) is 12.2 Å². The fourth-order valence-corrected chi connectivity index (χ4v) is 9.46. The summed E-state index contributed by atoms with van der Waals surface area (Å²) in [4.78, 5) is 43.8. The molecule has 0 unspecified atom stereocenters. The topological polar surface area (TPSA) is 102 Å². The van der Waals surface area contributed by atoms with E-state index in [4.69, 9.17) is 26.1 Å². The van der Waals surface area contributed by atoms with Crippen LogP contribution in [0.15, 0.2) is 53.1 Å². The van der Waals surface area contributed by atoms with E-state index in [0.717, 1.165) is 22.5 Å². The van der Waals surface area contributed by atoms with Crippen molar-refractivity contribution in [2.45, 2.75) is 90.7 Å². The van der Waals surface area contributed by atoms with Crippen molar-refractivity contribution in [2.24, 2.45) is 39.5 Å². The van der Waals surface area contributed by atoms with E-state index in [-0.39, 0.29) is 48.3 Å². The van der Waals surface area contributed by atoms with Crippen molar-refractivity contribution in [3.05, 3.63) is 53.6 Å². The van der Waals surface area contributed by atoms with Crippen molar-refractivity contribution in [3.63, 3.8) is 0 Å². The molecule has 1 aromatic carbocycles. The Kier molecular flexibility index (Phi) is 8.56. The van der Waals surface area contributed by atoms with E-state index in [1.54, 1.807) is 13.8 Å². The summed E-state index contributed by atoms with van der Waals surface area (Å²) in [7, 11) is 0. The zero-order valence-electron chi connectivity index (χ0n) is 26.1. The summed E-state index contributed by atoms with van der Waals surface area (Å²) in [5, 5.41) is 11.7. The van der Waals surface area contributed by atoms with Gasteiger partial charge in [0.05, 0.1) is 17.5 Å². The smallest absolute Gasteiger partial charge is 0.306 e. The maximum atomic E-state index is 14.1. The van der Waals surface area contributed by atoms with Crippen molar-refractivity contribution in [1.29, 1.82) is 0 Å². The van der Waals surface area contributed by atoms with Crippen molar-refractivity contribution in [1.82, 2.24) is 0 Å². The minimum Gasteiger partial charge on any atom is -0.457 e. The molecule has 0 saturated heterocycles. The van der Waals surface area contributed by atoms with E-state index >= 15 is 0 Å². The lowest BCUT2D eigenvalue weighted by Crippen LogP contribution is -2.65. The Bertz CT molecular complexity index is 1400. The maximum Gasteiger partial charge on any atom is 0.306 e. The van der Waals surface area contributed by atoms with Gasteiger partial charge in [-0.3, -0.25) is 14.4 Å². The highest BCUT2D eigenvalue weighted by Crippen LogP contribution is 2.69. The van der Waals surface area contributed by atoms with Crippen molar-refractivity contribution in [2.75, 3.05) is 6.61 Å². The number of ketones is 1. The Hall–Kier alpha value is -2.77. The summed E-state index contributed by atoms with van der Waals surface area (Å²) in [6.45, 7) is 11.0. The first-order chi connectivity index (χ1) is 20.3. The minimum atomic E-state index is -1.53.